The van der Waals surface area contributed by atoms with Gasteiger partial charge < -0.3 is 52.9 Å². The van der Waals surface area contributed by atoms with Gasteiger partial charge in [0.2, 0.25) is 0 Å². The number of hydrogen-bond acceptors (Lipinski definition) is 16. The summed E-state index contributed by atoms with van der Waals surface area (Å²) in [5.41, 5.74) is 6.37. The summed E-state index contributed by atoms with van der Waals surface area (Å²) in [4.78, 5) is 10.6. The Balaban J connectivity index is 0.000000604. The Morgan fingerprint density at radius 1 is 0.368 bits per heavy atom. The molecule has 21 nitrogen and oxygen atoms in total. The lowest BCUT2D eigenvalue weighted by atomic mass is 9.91. The van der Waals surface area contributed by atoms with Crippen LogP contribution in [0.1, 0.15) is 271 Å². The lowest BCUT2D eigenvalue weighted by Gasteiger charge is -2.21. The van der Waals surface area contributed by atoms with Crippen LogP contribution in [0.3, 0.4) is 0 Å². The fraction of sp³-hybridized carbons (Fsp3) is 0.575. The summed E-state index contributed by atoms with van der Waals surface area (Å²) in [5.74, 6) is -3.57. The standard InChI is InChI=1S/C23H34F3N3O.C21H30F3N3O.C20H28ClF2N3O2.C19H25ClF3N3O.C19H25F4N3O.4CH4/c1-6-8-9-29(5)15-21-19(14-27-28-21)18-13-20(23(24,25)26)22(30-10-7-2)12-17(18)11-16(3)4;1-6-7-8-27(5)12-19-18(11-25-26-19)17-9-16(21(22,23)24)10-20(15(17)4)28-13-14(2)3;1-5-6-7-26(3)13-18-16(12-24-25-18)15-10-14(28-9-8-27-4)11-17(19(15)21)20(2,22)23;1-5-6-7-26(4)11-13-10-24-25-18(13)14-8-15(19(21,22)23)17(9-16(14)20)27-12(2)3;1-4-6-7-26(3)12-16-15(11-24-25-16)14-9-13(19(21,22)23)10-17(18(14)20)27-8-5-2;;;;/h12-14,16H,6-11,15H2,1-5H3,(H,27,28);9-11,14H,6-8,12-13H2,1-5H3,(H,25,26);10-12H,5-9,13H2,1-4H3,(H,24,25);8-10,12H,5-7,11H2,1-4H3,(H,24,25);9-11H,4-8,12H2,1-3H3,(H,24,25);4*1H4. The molecule has 0 saturated carbocycles. The van der Waals surface area contributed by atoms with Gasteiger partial charge in [-0.25, -0.2) is 13.2 Å². The van der Waals surface area contributed by atoms with Gasteiger partial charge in [0.05, 0.1) is 124 Å². The van der Waals surface area contributed by atoms with Crippen LogP contribution in [0.25, 0.3) is 55.8 Å². The molecule has 5 heterocycles. The van der Waals surface area contributed by atoms with E-state index in [1.54, 1.807) is 71.7 Å². The summed E-state index contributed by atoms with van der Waals surface area (Å²) < 4.78 is 238. The molecule has 38 heteroatoms. The van der Waals surface area contributed by atoms with E-state index in [1.165, 1.54) is 30.5 Å². The molecule has 0 aliphatic rings. The van der Waals surface area contributed by atoms with Crippen LogP contribution in [-0.4, -0.2) is 190 Å². The van der Waals surface area contributed by atoms with Crippen molar-refractivity contribution in [2.24, 2.45) is 11.8 Å². The molecular weight excluding hydrogens is 1940 g/mol. The van der Waals surface area contributed by atoms with Gasteiger partial charge in [-0.3, -0.25) is 25.5 Å². The molecule has 5 N–H and O–H groups in total. The number of ether oxygens (including phenoxy) is 6. The number of unbranched alkanes of at least 4 members (excludes halogenated alkanes) is 5. The Morgan fingerprint density at radius 3 is 1.17 bits per heavy atom. The van der Waals surface area contributed by atoms with Crippen molar-refractivity contribution in [2.45, 2.75) is 286 Å². The summed E-state index contributed by atoms with van der Waals surface area (Å²) in [6, 6.07) is 11.8. The van der Waals surface area contributed by atoms with Crippen LogP contribution in [0.2, 0.25) is 10.0 Å². The predicted octanol–water partition coefficient (Wildman–Crippen LogP) is 30.7. The van der Waals surface area contributed by atoms with Crippen LogP contribution in [0.15, 0.2) is 91.6 Å². The molecule has 10 aromatic rings. The minimum absolute atomic E-state index is 0. The fourth-order valence-corrected chi connectivity index (χ4v) is 15.5. The van der Waals surface area contributed by atoms with E-state index in [4.69, 9.17) is 51.6 Å². The third kappa shape index (κ3) is 40.9. The van der Waals surface area contributed by atoms with Gasteiger partial charge in [-0.1, -0.05) is 161 Å². The topological polar surface area (TPSA) is 215 Å². The zero-order valence-corrected chi connectivity index (χ0v) is 86.1. The van der Waals surface area contributed by atoms with Crippen molar-refractivity contribution in [3.63, 3.8) is 0 Å². The van der Waals surface area contributed by atoms with E-state index >= 15 is 0 Å². The van der Waals surface area contributed by atoms with Crippen molar-refractivity contribution < 1.29 is 94.3 Å². The number of nitrogens with zero attached hydrogens (tertiary/aromatic N) is 10. The highest BCUT2D eigenvalue weighted by molar-refractivity contribution is 6.34. The van der Waals surface area contributed by atoms with Crippen molar-refractivity contribution in [3.05, 3.63) is 175 Å². The van der Waals surface area contributed by atoms with Crippen molar-refractivity contribution in [1.82, 2.24) is 75.5 Å². The van der Waals surface area contributed by atoms with Gasteiger partial charge in [-0.15, -0.1) is 0 Å². The maximum atomic E-state index is 14.9. The smallest absolute Gasteiger partial charge is 0.419 e. The zero-order chi connectivity index (χ0) is 104. The number of alkyl halides is 14. The number of aromatic nitrogens is 10. The van der Waals surface area contributed by atoms with E-state index in [-0.39, 0.29) is 99.4 Å². The minimum atomic E-state index is -4.60. The average molecular weight is 2090 g/mol. The molecule has 10 rings (SSSR count). The monoisotopic (exact) mass is 2090 g/mol. The lowest BCUT2D eigenvalue weighted by molar-refractivity contribution is -0.139. The highest BCUT2D eigenvalue weighted by atomic mass is 35.5. The average Bonchev–Trinajstić information content (AvgIpc) is 1.95. The first kappa shape index (κ1) is 130. The summed E-state index contributed by atoms with van der Waals surface area (Å²) in [5, 5.41) is 35.0. The molecule has 0 unspecified atom stereocenters. The van der Waals surface area contributed by atoms with E-state index < -0.39 is 70.6 Å². The number of halogens is 17. The van der Waals surface area contributed by atoms with E-state index in [0.717, 1.165) is 156 Å². The Bertz CT molecular complexity index is 5340. The van der Waals surface area contributed by atoms with Crippen LogP contribution in [0, 0.1) is 24.6 Å². The van der Waals surface area contributed by atoms with Crippen LogP contribution < -0.4 is 23.7 Å². The number of hydrogen-bond donors (Lipinski definition) is 5. The summed E-state index contributed by atoms with van der Waals surface area (Å²) >= 11 is 12.7. The van der Waals surface area contributed by atoms with Crippen molar-refractivity contribution in [2.75, 3.05) is 108 Å². The highest BCUT2D eigenvalue weighted by Crippen LogP contribution is 2.48. The molecule has 0 amide bonds. The van der Waals surface area contributed by atoms with Gasteiger partial charge in [-0.05, 0) is 229 Å². The molecule has 0 fully saturated rings. The van der Waals surface area contributed by atoms with Crippen molar-refractivity contribution in [3.8, 4) is 84.5 Å². The largest absolute Gasteiger partial charge is 0.493 e. The molecular formula is C106H158Cl2F15N15O6. The third-order valence-electron chi connectivity index (χ3n) is 22.1. The summed E-state index contributed by atoms with van der Waals surface area (Å²) in [6.07, 6.45) is 1.82. The highest BCUT2D eigenvalue weighted by Gasteiger charge is 2.40. The predicted molar refractivity (Wildman–Crippen MR) is 551 cm³/mol. The molecule has 0 aliphatic carbocycles. The molecule has 144 heavy (non-hydrogen) atoms. The molecule has 0 aliphatic heterocycles. The lowest BCUT2D eigenvalue weighted by Crippen LogP contribution is -2.19. The van der Waals surface area contributed by atoms with Gasteiger partial charge in [0.15, 0.2) is 11.6 Å². The normalized spacial score (nSPS) is 11.8. The Hall–Kier alpha value is -9.56. The number of aromatic amines is 5. The van der Waals surface area contributed by atoms with Crippen LogP contribution in [-0.2, 0) is 74.5 Å². The third-order valence-corrected chi connectivity index (χ3v) is 22.9. The summed E-state index contributed by atoms with van der Waals surface area (Å²) in [7, 11) is 11.4. The second-order valence-corrected chi connectivity index (χ2v) is 37.1. The van der Waals surface area contributed by atoms with Gasteiger partial charge in [0.1, 0.15) is 29.6 Å². The SMILES string of the molecule is C.C.C.C.CCCCN(C)Cc1[nH]ncc1-c1cc(C(F)(F)F)c(OCCC)cc1CC(C)C.CCCCN(C)Cc1[nH]ncc1-c1cc(C(F)(F)F)cc(OCC(C)C)c1C.CCCCN(C)Cc1[nH]ncc1-c1cc(C(F)(F)F)cc(OCCC)c1F.CCCCN(C)Cc1[nH]ncc1-c1cc(OCCOC)cc(C(C)(F)F)c1Cl.CCCCN(C)Cc1cn[nH]c1-c1cc(C(F)(F)F)c(OC(C)C)cc1Cl. The Kier molecular flexibility index (Phi) is 56.7. The van der Waals surface area contributed by atoms with Crippen LogP contribution in [0.4, 0.5) is 65.9 Å². The molecule has 0 bridgehead atoms. The maximum absolute atomic E-state index is 14.9. The molecule has 0 radical (unpaired) electrons. The molecule has 0 saturated heterocycles. The van der Waals surface area contributed by atoms with E-state index in [1.807, 2.05) is 60.9 Å². The van der Waals surface area contributed by atoms with Crippen molar-refractivity contribution in [1.29, 1.82) is 0 Å². The van der Waals surface area contributed by atoms with Gasteiger partial charge in [0, 0.05) is 103 Å². The Morgan fingerprint density at radius 2 is 0.764 bits per heavy atom. The molecule has 5 aromatic carbocycles. The van der Waals surface area contributed by atoms with Gasteiger partial charge in [0.25, 0.3) is 5.92 Å². The quantitative estimate of drug-likeness (QED) is 0.0177. The molecule has 812 valence electrons. The number of benzene rings is 5. The number of rotatable bonds is 48. The van der Waals surface area contributed by atoms with Gasteiger partial charge >= 0.3 is 24.7 Å². The molecule has 0 atom stereocenters. The fourth-order valence-electron chi connectivity index (χ4n) is 14.8. The number of nitrogens with one attached hydrogen (secondary N) is 5. The Labute approximate surface area is 854 Å². The minimum Gasteiger partial charge on any atom is -0.493 e. The van der Waals surface area contributed by atoms with Gasteiger partial charge in [-0.2, -0.15) is 78.2 Å². The second-order valence-electron chi connectivity index (χ2n) is 36.3. The van der Waals surface area contributed by atoms with Crippen LogP contribution >= 0.6 is 23.2 Å². The molecule has 0 spiro atoms. The van der Waals surface area contributed by atoms with Crippen LogP contribution in [0.5, 0.6) is 28.7 Å². The molecule has 5 aromatic heterocycles. The first-order valence-electron chi connectivity index (χ1n) is 47.7. The second kappa shape index (κ2) is 62.6. The van der Waals surface area contributed by atoms with E-state index in [2.05, 4.69) is 119 Å². The van der Waals surface area contributed by atoms with E-state index in [0.29, 0.717) is 133 Å². The summed E-state index contributed by atoms with van der Waals surface area (Å²) in [6.45, 7) is 36.9. The number of H-pyrrole nitrogens is 5. The van der Waals surface area contributed by atoms with E-state index in [9.17, 15) is 65.9 Å². The van der Waals surface area contributed by atoms with Crippen molar-refractivity contribution >= 4 is 23.2 Å². The first-order chi connectivity index (χ1) is 66.0. The first-order valence-corrected chi connectivity index (χ1v) is 48.5. The zero-order valence-electron chi connectivity index (χ0n) is 84.5. The maximum Gasteiger partial charge on any atom is 0.419 e. The number of methoxy groups -OCH3 is 1.